The molecule has 1 heterocycles. The number of carbonyl (C=O) groups is 2. The maximum Gasteiger partial charge on any atom is 0.410 e. The summed E-state index contributed by atoms with van der Waals surface area (Å²) in [5, 5.41) is 0. The third-order valence-corrected chi connectivity index (χ3v) is 2.77. The predicted octanol–water partition coefficient (Wildman–Crippen LogP) is 3.03. The SMILES string of the molecule is C=C1CN(C(=O)OC(C)(C)C)CCN(C(=O)OC(C)(C)C)C1. The second-order valence-electron chi connectivity index (χ2n) is 7.55. The van der Waals surface area contributed by atoms with Gasteiger partial charge in [0.15, 0.2) is 0 Å². The van der Waals surface area contributed by atoms with Crippen LogP contribution in [0.2, 0.25) is 0 Å². The summed E-state index contributed by atoms with van der Waals surface area (Å²) in [6.45, 7) is 16.4. The highest BCUT2D eigenvalue weighted by molar-refractivity contribution is 5.70. The highest BCUT2D eigenvalue weighted by atomic mass is 16.6. The van der Waals surface area contributed by atoms with Gasteiger partial charge in [0.1, 0.15) is 11.2 Å². The molecule has 1 rings (SSSR count). The fourth-order valence-corrected chi connectivity index (χ4v) is 1.95. The highest BCUT2D eigenvalue weighted by Crippen LogP contribution is 2.16. The van der Waals surface area contributed by atoms with E-state index in [1.165, 1.54) is 0 Å². The van der Waals surface area contributed by atoms with Gasteiger partial charge in [0.2, 0.25) is 0 Å². The Kier molecular flexibility index (Phi) is 5.49. The molecule has 6 nitrogen and oxygen atoms in total. The molecule has 0 bridgehead atoms. The van der Waals surface area contributed by atoms with Crippen molar-refractivity contribution in [1.29, 1.82) is 0 Å². The largest absolute Gasteiger partial charge is 0.444 e. The van der Waals surface area contributed by atoms with Crippen molar-refractivity contribution < 1.29 is 19.1 Å². The van der Waals surface area contributed by atoms with E-state index in [4.69, 9.17) is 9.47 Å². The van der Waals surface area contributed by atoms with Crippen LogP contribution in [-0.2, 0) is 9.47 Å². The van der Waals surface area contributed by atoms with Crippen LogP contribution in [0, 0.1) is 0 Å². The number of amides is 2. The minimum absolute atomic E-state index is 0.383. The molecule has 1 saturated heterocycles. The Balaban J connectivity index is 2.69. The van der Waals surface area contributed by atoms with Crippen LogP contribution >= 0.6 is 0 Å². The van der Waals surface area contributed by atoms with Crippen molar-refractivity contribution in [3.8, 4) is 0 Å². The van der Waals surface area contributed by atoms with Crippen LogP contribution in [0.5, 0.6) is 0 Å². The van der Waals surface area contributed by atoms with Gasteiger partial charge in [0.25, 0.3) is 0 Å². The van der Waals surface area contributed by atoms with Crippen molar-refractivity contribution in [3.63, 3.8) is 0 Å². The zero-order valence-corrected chi connectivity index (χ0v) is 14.6. The van der Waals surface area contributed by atoms with Crippen LogP contribution in [0.15, 0.2) is 12.2 Å². The van der Waals surface area contributed by atoms with Crippen molar-refractivity contribution in [1.82, 2.24) is 9.80 Å². The van der Waals surface area contributed by atoms with Crippen LogP contribution in [0.4, 0.5) is 9.59 Å². The first kappa shape index (κ1) is 18.3. The molecule has 0 aliphatic carbocycles. The summed E-state index contributed by atoms with van der Waals surface area (Å²) in [6, 6.07) is 0. The molecule has 0 N–H and O–H groups in total. The number of carbonyl (C=O) groups excluding carboxylic acids is 2. The van der Waals surface area contributed by atoms with Crippen molar-refractivity contribution in [2.75, 3.05) is 26.2 Å². The second-order valence-corrected chi connectivity index (χ2v) is 7.55. The number of hydrogen-bond acceptors (Lipinski definition) is 4. The van der Waals surface area contributed by atoms with Crippen LogP contribution in [0.25, 0.3) is 0 Å². The van der Waals surface area contributed by atoms with E-state index in [0.717, 1.165) is 5.57 Å². The summed E-state index contributed by atoms with van der Waals surface area (Å²) >= 11 is 0. The van der Waals surface area contributed by atoms with Gasteiger partial charge in [0, 0.05) is 26.2 Å². The molecule has 126 valence electrons. The van der Waals surface area contributed by atoms with Gasteiger partial charge in [-0.1, -0.05) is 6.58 Å². The number of rotatable bonds is 0. The Hall–Kier alpha value is -1.72. The van der Waals surface area contributed by atoms with E-state index in [1.807, 2.05) is 41.5 Å². The van der Waals surface area contributed by atoms with Crippen LogP contribution < -0.4 is 0 Å². The summed E-state index contributed by atoms with van der Waals surface area (Å²) in [4.78, 5) is 27.4. The molecule has 6 heteroatoms. The molecule has 2 amide bonds. The van der Waals surface area contributed by atoms with Gasteiger partial charge in [0.05, 0.1) is 0 Å². The first-order valence-electron chi connectivity index (χ1n) is 7.50. The molecule has 0 atom stereocenters. The fraction of sp³-hybridized carbons (Fsp3) is 0.750. The summed E-state index contributed by atoms with van der Waals surface area (Å²) < 4.78 is 10.7. The van der Waals surface area contributed by atoms with Crippen molar-refractivity contribution in [3.05, 3.63) is 12.2 Å². The third-order valence-electron chi connectivity index (χ3n) is 2.77. The topological polar surface area (TPSA) is 59.1 Å². The van der Waals surface area contributed by atoms with Gasteiger partial charge in [-0.25, -0.2) is 9.59 Å². The van der Waals surface area contributed by atoms with Crippen LogP contribution in [0.1, 0.15) is 41.5 Å². The van der Waals surface area contributed by atoms with E-state index in [1.54, 1.807) is 9.80 Å². The Morgan fingerprint density at radius 2 is 1.18 bits per heavy atom. The minimum atomic E-state index is -0.546. The van der Waals surface area contributed by atoms with Crippen LogP contribution in [-0.4, -0.2) is 59.4 Å². The monoisotopic (exact) mass is 312 g/mol. The predicted molar refractivity (Wildman–Crippen MR) is 84.8 cm³/mol. The number of ether oxygens (including phenoxy) is 2. The maximum atomic E-state index is 12.1. The van der Waals surface area contributed by atoms with Crippen LogP contribution in [0.3, 0.4) is 0 Å². The van der Waals surface area contributed by atoms with Gasteiger partial charge >= 0.3 is 12.2 Å². The molecule has 0 aromatic carbocycles. The van der Waals surface area contributed by atoms with E-state index in [0.29, 0.717) is 26.2 Å². The molecular formula is C16H28N2O4. The molecule has 0 aromatic rings. The van der Waals surface area contributed by atoms with E-state index < -0.39 is 11.2 Å². The lowest BCUT2D eigenvalue weighted by Crippen LogP contribution is -2.41. The van der Waals surface area contributed by atoms with E-state index in [9.17, 15) is 9.59 Å². The summed E-state index contributed by atoms with van der Waals surface area (Å²) in [5.41, 5.74) is -0.320. The Morgan fingerprint density at radius 1 is 0.864 bits per heavy atom. The molecule has 22 heavy (non-hydrogen) atoms. The smallest absolute Gasteiger partial charge is 0.410 e. The molecule has 1 aliphatic heterocycles. The zero-order valence-electron chi connectivity index (χ0n) is 14.6. The Morgan fingerprint density at radius 3 is 1.45 bits per heavy atom. The normalized spacial score (nSPS) is 17.1. The maximum absolute atomic E-state index is 12.1. The average molecular weight is 312 g/mol. The molecular weight excluding hydrogens is 284 g/mol. The van der Waals surface area contributed by atoms with Crippen molar-refractivity contribution in [2.45, 2.75) is 52.7 Å². The quantitative estimate of drug-likeness (QED) is 0.645. The van der Waals surface area contributed by atoms with Crippen molar-refractivity contribution >= 4 is 12.2 Å². The van der Waals surface area contributed by atoms with Gasteiger partial charge in [-0.2, -0.15) is 0 Å². The third kappa shape index (κ3) is 6.37. The van der Waals surface area contributed by atoms with E-state index >= 15 is 0 Å². The molecule has 1 aliphatic rings. The molecule has 1 fully saturated rings. The highest BCUT2D eigenvalue weighted by Gasteiger charge is 2.29. The molecule has 0 aromatic heterocycles. The minimum Gasteiger partial charge on any atom is -0.444 e. The first-order valence-corrected chi connectivity index (χ1v) is 7.50. The fourth-order valence-electron chi connectivity index (χ4n) is 1.95. The summed E-state index contributed by atoms with van der Waals surface area (Å²) in [7, 11) is 0. The lowest BCUT2D eigenvalue weighted by atomic mass is 10.2. The van der Waals surface area contributed by atoms with Gasteiger partial charge < -0.3 is 19.3 Å². The first-order chi connectivity index (χ1) is 9.87. The van der Waals surface area contributed by atoms with Gasteiger partial charge in [-0.15, -0.1) is 0 Å². The van der Waals surface area contributed by atoms with E-state index in [-0.39, 0.29) is 12.2 Å². The molecule has 0 radical (unpaired) electrons. The van der Waals surface area contributed by atoms with E-state index in [2.05, 4.69) is 6.58 Å². The van der Waals surface area contributed by atoms with Gasteiger partial charge in [-0.05, 0) is 47.1 Å². The lowest BCUT2D eigenvalue weighted by Gasteiger charge is -2.27. The Labute approximate surface area is 133 Å². The zero-order chi connectivity index (χ0) is 17.1. The van der Waals surface area contributed by atoms with Crippen molar-refractivity contribution in [2.24, 2.45) is 0 Å². The van der Waals surface area contributed by atoms with Gasteiger partial charge in [-0.3, -0.25) is 0 Å². The summed E-state index contributed by atoms with van der Waals surface area (Å²) in [6.07, 6.45) is -0.778. The number of nitrogens with zero attached hydrogens (tertiary/aromatic N) is 2. The standard InChI is InChI=1S/C16H28N2O4/c1-12-10-17(13(19)21-15(2,3)4)8-9-18(11-12)14(20)22-16(5,6)7/h1,8-11H2,2-7H3. The second kappa shape index (κ2) is 6.58. The Bertz CT molecular complexity index is 406. The molecule has 0 saturated carbocycles. The summed E-state index contributed by atoms with van der Waals surface area (Å²) in [5.74, 6) is 0. The molecule has 0 unspecified atom stereocenters. The lowest BCUT2D eigenvalue weighted by molar-refractivity contribution is 0.0200. The number of hydrogen-bond donors (Lipinski definition) is 0. The average Bonchev–Trinajstić information content (AvgIpc) is 2.46. The molecule has 0 spiro atoms.